The summed E-state index contributed by atoms with van der Waals surface area (Å²) in [5.74, 6) is -0.542. The quantitative estimate of drug-likeness (QED) is 0.787. The molecule has 0 radical (unpaired) electrons. The summed E-state index contributed by atoms with van der Waals surface area (Å²) in [7, 11) is 0. The molecule has 0 aliphatic heterocycles. The van der Waals surface area contributed by atoms with E-state index >= 15 is 0 Å². The summed E-state index contributed by atoms with van der Waals surface area (Å²) in [6, 6.07) is 4.29. The van der Waals surface area contributed by atoms with Crippen LogP contribution >= 0.6 is 15.9 Å². The highest BCUT2D eigenvalue weighted by Gasteiger charge is 2.05. The van der Waals surface area contributed by atoms with Gasteiger partial charge in [-0.25, -0.2) is 4.39 Å². The molecule has 0 heterocycles. The molecule has 4 heteroatoms. The van der Waals surface area contributed by atoms with Crippen molar-refractivity contribution in [1.29, 1.82) is 0 Å². The Labute approximate surface area is 96.6 Å². The van der Waals surface area contributed by atoms with Crippen LogP contribution in [0.1, 0.15) is 25.3 Å². The SMILES string of the molecule is CCCC(=O)OCc1ccc(F)cc1Br. The maximum Gasteiger partial charge on any atom is 0.306 e. The average Bonchev–Trinajstić information content (AvgIpc) is 2.17. The second-order valence-corrected chi connectivity index (χ2v) is 4.00. The number of halogens is 2. The number of esters is 1. The van der Waals surface area contributed by atoms with Crippen molar-refractivity contribution in [3.05, 3.63) is 34.1 Å². The van der Waals surface area contributed by atoms with Gasteiger partial charge in [0.15, 0.2) is 0 Å². The Kier molecular flexibility index (Phi) is 4.75. The third-order valence-electron chi connectivity index (χ3n) is 1.86. The molecule has 0 bridgehead atoms. The van der Waals surface area contributed by atoms with Crippen molar-refractivity contribution >= 4 is 21.9 Å². The first kappa shape index (κ1) is 12.2. The zero-order chi connectivity index (χ0) is 11.3. The smallest absolute Gasteiger partial charge is 0.306 e. The summed E-state index contributed by atoms with van der Waals surface area (Å²) in [4.78, 5) is 11.1. The third kappa shape index (κ3) is 4.00. The highest BCUT2D eigenvalue weighted by molar-refractivity contribution is 9.10. The Morgan fingerprint density at radius 3 is 2.87 bits per heavy atom. The van der Waals surface area contributed by atoms with Gasteiger partial charge in [-0.05, 0) is 18.6 Å². The minimum Gasteiger partial charge on any atom is -0.461 e. The van der Waals surface area contributed by atoms with Crippen LogP contribution in [0.2, 0.25) is 0 Å². The van der Waals surface area contributed by atoms with Gasteiger partial charge in [-0.2, -0.15) is 0 Å². The Balaban J connectivity index is 2.54. The first-order chi connectivity index (χ1) is 7.13. The number of ether oxygens (including phenoxy) is 1. The molecular formula is C11H12BrFO2. The molecule has 0 spiro atoms. The van der Waals surface area contributed by atoms with Crippen LogP contribution in [0.4, 0.5) is 4.39 Å². The second-order valence-electron chi connectivity index (χ2n) is 3.15. The molecule has 0 aliphatic rings. The number of carbonyl (C=O) groups is 1. The summed E-state index contributed by atoms with van der Waals surface area (Å²) in [6.07, 6.45) is 1.18. The highest BCUT2D eigenvalue weighted by atomic mass is 79.9. The molecule has 0 saturated carbocycles. The number of hydrogen-bond acceptors (Lipinski definition) is 2. The first-order valence-electron chi connectivity index (χ1n) is 4.73. The lowest BCUT2D eigenvalue weighted by atomic mass is 10.2. The van der Waals surface area contributed by atoms with Crippen molar-refractivity contribution in [3.63, 3.8) is 0 Å². The topological polar surface area (TPSA) is 26.3 Å². The summed E-state index contributed by atoms with van der Waals surface area (Å²) in [6.45, 7) is 2.09. The fourth-order valence-corrected chi connectivity index (χ4v) is 1.54. The molecule has 1 aromatic carbocycles. The van der Waals surface area contributed by atoms with Crippen LogP contribution < -0.4 is 0 Å². The molecule has 1 aromatic rings. The molecule has 1 rings (SSSR count). The van der Waals surface area contributed by atoms with Crippen molar-refractivity contribution in [1.82, 2.24) is 0 Å². The van der Waals surface area contributed by atoms with Crippen molar-refractivity contribution in [3.8, 4) is 0 Å². The van der Waals surface area contributed by atoms with Crippen molar-refractivity contribution in [2.24, 2.45) is 0 Å². The van der Waals surface area contributed by atoms with Gasteiger partial charge in [-0.3, -0.25) is 4.79 Å². The van der Waals surface area contributed by atoms with E-state index in [1.165, 1.54) is 12.1 Å². The van der Waals surface area contributed by atoms with Gasteiger partial charge in [0.1, 0.15) is 12.4 Å². The van der Waals surface area contributed by atoms with Crippen LogP contribution in [0.5, 0.6) is 0 Å². The standard InChI is InChI=1S/C11H12BrFO2/c1-2-3-11(14)15-7-8-4-5-9(13)6-10(8)12/h4-6H,2-3,7H2,1H3. The van der Waals surface area contributed by atoms with Gasteiger partial charge in [-0.1, -0.05) is 28.9 Å². The molecule has 0 amide bonds. The predicted octanol–water partition coefficient (Wildman–Crippen LogP) is 3.43. The van der Waals surface area contributed by atoms with Crippen LogP contribution in [0.15, 0.2) is 22.7 Å². The zero-order valence-corrected chi connectivity index (χ0v) is 10.0. The second kappa shape index (κ2) is 5.85. The predicted molar refractivity (Wildman–Crippen MR) is 58.8 cm³/mol. The van der Waals surface area contributed by atoms with Crippen LogP contribution in [-0.2, 0) is 16.1 Å². The fourth-order valence-electron chi connectivity index (χ4n) is 1.07. The summed E-state index contributed by atoms with van der Waals surface area (Å²) >= 11 is 3.20. The average molecular weight is 275 g/mol. The van der Waals surface area contributed by atoms with Gasteiger partial charge in [-0.15, -0.1) is 0 Å². The third-order valence-corrected chi connectivity index (χ3v) is 2.60. The van der Waals surface area contributed by atoms with E-state index in [0.29, 0.717) is 10.9 Å². The van der Waals surface area contributed by atoms with E-state index < -0.39 is 0 Å². The van der Waals surface area contributed by atoms with Crippen LogP contribution in [0.25, 0.3) is 0 Å². The maximum absolute atomic E-state index is 12.7. The highest BCUT2D eigenvalue weighted by Crippen LogP contribution is 2.18. The molecule has 0 unspecified atom stereocenters. The van der Waals surface area contributed by atoms with Crippen LogP contribution in [-0.4, -0.2) is 5.97 Å². The fraction of sp³-hybridized carbons (Fsp3) is 0.364. The lowest BCUT2D eigenvalue weighted by molar-refractivity contribution is -0.145. The van der Waals surface area contributed by atoms with E-state index in [-0.39, 0.29) is 18.4 Å². The van der Waals surface area contributed by atoms with E-state index in [2.05, 4.69) is 15.9 Å². The van der Waals surface area contributed by atoms with Crippen molar-refractivity contribution < 1.29 is 13.9 Å². The molecule has 82 valence electrons. The van der Waals surface area contributed by atoms with Gasteiger partial charge < -0.3 is 4.74 Å². The zero-order valence-electron chi connectivity index (χ0n) is 8.43. The molecule has 0 aromatic heterocycles. The van der Waals surface area contributed by atoms with E-state index in [9.17, 15) is 9.18 Å². The van der Waals surface area contributed by atoms with Gasteiger partial charge in [0.25, 0.3) is 0 Å². The number of carbonyl (C=O) groups excluding carboxylic acids is 1. The molecule has 0 saturated heterocycles. The number of benzene rings is 1. The van der Waals surface area contributed by atoms with E-state index in [0.717, 1.165) is 12.0 Å². The van der Waals surface area contributed by atoms with Crippen LogP contribution in [0, 0.1) is 5.82 Å². The molecule has 0 aliphatic carbocycles. The molecule has 0 N–H and O–H groups in total. The van der Waals surface area contributed by atoms with Gasteiger partial charge in [0.2, 0.25) is 0 Å². The van der Waals surface area contributed by atoms with E-state index in [1.807, 2.05) is 6.92 Å². The molecule has 15 heavy (non-hydrogen) atoms. The monoisotopic (exact) mass is 274 g/mol. The normalized spacial score (nSPS) is 10.1. The summed E-state index contributed by atoms with van der Waals surface area (Å²) in [5, 5.41) is 0. The minimum absolute atomic E-state index is 0.180. The lowest BCUT2D eigenvalue weighted by Crippen LogP contribution is -2.04. The Bertz CT molecular complexity index is 352. The minimum atomic E-state index is -0.314. The lowest BCUT2D eigenvalue weighted by Gasteiger charge is -2.06. The maximum atomic E-state index is 12.7. The molecule has 0 fully saturated rings. The number of rotatable bonds is 4. The van der Waals surface area contributed by atoms with Crippen molar-refractivity contribution in [2.45, 2.75) is 26.4 Å². The first-order valence-corrected chi connectivity index (χ1v) is 5.52. The van der Waals surface area contributed by atoms with Crippen molar-refractivity contribution in [2.75, 3.05) is 0 Å². The van der Waals surface area contributed by atoms with E-state index in [4.69, 9.17) is 4.74 Å². The Hall–Kier alpha value is -0.900. The summed E-state index contributed by atoms with van der Waals surface area (Å²) < 4.78 is 18.3. The molecule has 2 nitrogen and oxygen atoms in total. The summed E-state index contributed by atoms with van der Waals surface area (Å²) in [5.41, 5.74) is 0.765. The largest absolute Gasteiger partial charge is 0.461 e. The van der Waals surface area contributed by atoms with Gasteiger partial charge >= 0.3 is 5.97 Å². The Morgan fingerprint density at radius 2 is 2.27 bits per heavy atom. The van der Waals surface area contributed by atoms with Gasteiger partial charge in [0, 0.05) is 16.5 Å². The van der Waals surface area contributed by atoms with Gasteiger partial charge in [0.05, 0.1) is 0 Å². The van der Waals surface area contributed by atoms with E-state index in [1.54, 1.807) is 6.07 Å². The number of hydrogen-bond donors (Lipinski definition) is 0. The van der Waals surface area contributed by atoms with Crippen LogP contribution in [0.3, 0.4) is 0 Å². The molecular weight excluding hydrogens is 263 g/mol. The Morgan fingerprint density at radius 1 is 1.53 bits per heavy atom. The molecule has 0 atom stereocenters.